The van der Waals surface area contributed by atoms with Crippen LogP contribution >= 0.6 is 15.9 Å². The van der Waals surface area contributed by atoms with Crippen molar-refractivity contribution in [1.29, 1.82) is 0 Å². The third-order valence-electron chi connectivity index (χ3n) is 3.07. The van der Waals surface area contributed by atoms with Gasteiger partial charge in [0, 0.05) is 0 Å². The zero-order valence-electron chi connectivity index (χ0n) is 10.3. The van der Waals surface area contributed by atoms with Gasteiger partial charge in [-0.25, -0.2) is 8.78 Å². The van der Waals surface area contributed by atoms with Gasteiger partial charge in [0.2, 0.25) is 0 Å². The van der Waals surface area contributed by atoms with Crippen LogP contribution in [0.5, 0.6) is 0 Å². The molecular formula is C15H13BrF2O. The Balaban J connectivity index is 2.19. The number of carbonyl (C=O) groups is 1. The van der Waals surface area contributed by atoms with Crippen molar-refractivity contribution < 1.29 is 13.6 Å². The molecule has 0 fully saturated rings. The van der Waals surface area contributed by atoms with Crippen LogP contribution in [-0.4, -0.2) is 5.78 Å². The molecule has 0 radical (unpaired) electrons. The fourth-order valence-corrected chi connectivity index (χ4v) is 2.63. The summed E-state index contributed by atoms with van der Waals surface area (Å²) in [5.41, 5.74) is 0.820. The van der Waals surface area contributed by atoms with Crippen LogP contribution in [0.3, 0.4) is 0 Å². The van der Waals surface area contributed by atoms with Crippen LogP contribution in [-0.2, 0) is 0 Å². The first-order valence-electron chi connectivity index (χ1n) is 6.13. The molecule has 0 saturated heterocycles. The summed E-state index contributed by atoms with van der Waals surface area (Å²) >= 11 is 3.47. The maximum absolute atomic E-state index is 13.4. The summed E-state index contributed by atoms with van der Waals surface area (Å²) in [6.07, 6.45) is 7.07. The van der Waals surface area contributed by atoms with Crippen molar-refractivity contribution in [2.45, 2.75) is 25.7 Å². The van der Waals surface area contributed by atoms with E-state index in [0.29, 0.717) is 0 Å². The minimum Gasteiger partial charge on any atom is -0.289 e. The lowest BCUT2D eigenvalue weighted by atomic mass is 9.98. The van der Waals surface area contributed by atoms with Gasteiger partial charge < -0.3 is 0 Å². The molecule has 0 spiro atoms. The maximum atomic E-state index is 13.4. The van der Waals surface area contributed by atoms with E-state index in [9.17, 15) is 13.6 Å². The van der Waals surface area contributed by atoms with E-state index in [1.165, 1.54) is 6.08 Å². The predicted molar refractivity (Wildman–Crippen MR) is 74.2 cm³/mol. The van der Waals surface area contributed by atoms with E-state index in [4.69, 9.17) is 0 Å². The first kappa shape index (κ1) is 14.1. The van der Waals surface area contributed by atoms with Gasteiger partial charge in [-0.05, 0) is 60.0 Å². The number of hydrogen-bond donors (Lipinski definition) is 0. The Labute approximate surface area is 119 Å². The van der Waals surface area contributed by atoms with Gasteiger partial charge in [0.05, 0.1) is 5.56 Å². The summed E-state index contributed by atoms with van der Waals surface area (Å²) in [7, 11) is 0. The van der Waals surface area contributed by atoms with Crippen LogP contribution in [0.1, 0.15) is 36.0 Å². The van der Waals surface area contributed by atoms with Crippen LogP contribution in [0.15, 0.2) is 40.4 Å². The van der Waals surface area contributed by atoms with Crippen LogP contribution in [0.25, 0.3) is 0 Å². The van der Waals surface area contributed by atoms with Gasteiger partial charge in [-0.2, -0.15) is 0 Å². The number of benzene rings is 1. The fourth-order valence-electron chi connectivity index (χ4n) is 2.02. The molecule has 4 heteroatoms. The van der Waals surface area contributed by atoms with Crippen molar-refractivity contribution in [2.75, 3.05) is 0 Å². The normalized spacial score (nSPS) is 16.2. The van der Waals surface area contributed by atoms with Gasteiger partial charge in [-0.3, -0.25) is 4.79 Å². The second kappa shape index (κ2) is 6.24. The van der Waals surface area contributed by atoms with Crippen molar-refractivity contribution in [1.82, 2.24) is 0 Å². The second-order valence-corrected chi connectivity index (χ2v) is 5.42. The monoisotopic (exact) mass is 326 g/mol. The highest BCUT2D eigenvalue weighted by atomic mass is 79.9. The molecule has 100 valence electrons. The van der Waals surface area contributed by atoms with Crippen molar-refractivity contribution >= 4 is 21.7 Å². The van der Waals surface area contributed by atoms with E-state index in [1.807, 2.05) is 0 Å². The highest BCUT2D eigenvalue weighted by molar-refractivity contribution is 9.11. The molecule has 0 N–H and O–H groups in total. The first-order valence-corrected chi connectivity index (χ1v) is 6.92. The molecule has 2 rings (SSSR count). The largest absolute Gasteiger partial charge is 0.289 e. The Morgan fingerprint density at radius 1 is 1.21 bits per heavy atom. The SMILES string of the molecule is O=C(C=CC1=C(Br)CCCC1)c1cc(F)ccc1F. The topological polar surface area (TPSA) is 17.1 Å². The van der Waals surface area contributed by atoms with E-state index in [2.05, 4.69) is 15.9 Å². The molecular weight excluding hydrogens is 314 g/mol. The molecule has 0 saturated carbocycles. The van der Waals surface area contributed by atoms with Gasteiger partial charge >= 0.3 is 0 Å². The van der Waals surface area contributed by atoms with Gasteiger partial charge in [0.15, 0.2) is 5.78 Å². The Hall–Kier alpha value is -1.29. The van der Waals surface area contributed by atoms with Gasteiger partial charge in [0.1, 0.15) is 11.6 Å². The van der Waals surface area contributed by atoms with Gasteiger partial charge in [0.25, 0.3) is 0 Å². The Bertz CT molecular complexity index is 561. The minimum atomic E-state index is -0.701. The number of ketones is 1. The molecule has 0 aromatic heterocycles. The number of halogens is 3. The van der Waals surface area contributed by atoms with Gasteiger partial charge in [-0.15, -0.1) is 0 Å². The number of carbonyl (C=O) groups excluding carboxylic acids is 1. The molecule has 1 nitrogen and oxygen atoms in total. The highest BCUT2D eigenvalue weighted by Gasteiger charge is 2.12. The maximum Gasteiger partial charge on any atom is 0.188 e. The lowest BCUT2D eigenvalue weighted by Crippen LogP contribution is -2.00. The van der Waals surface area contributed by atoms with Gasteiger partial charge in [-0.1, -0.05) is 22.0 Å². The molecule has 1 aromatic carbocycles. The van der Waals surface area contributed by atoms with Crippen LogP contribution in [0.2, 0.25) is 0 Å². The van der Waals surface area contributed by atoms with Crippen LogP contribution in [0.4, 0.5) is 8.78 Å². The molecule has 1 aliphatic rings. The molecule has 0 heterocycles. The smallest absolute Gasteiger partial charge is 0.188 e. The first-order chi connectivity index (χ1) is 9.08. The molecule has 0 bridgehead atoms. The van der Waals surface area contributed by atoms with E-state index < -0.39 is 17.4 Å². The average molecular weight is 327 g/mol. The fraction of sp³-hybridized carbons (Fsp3) is 0.267. The third kappa shape index (κ3) is 3.60. The quantitative estimate of drug-likeness (QED) is 0.568. The van der Waals surface area contributed by atoms with E-state index in [-0.39, 0.29) is 5.56 Å². The van der Waals surface area contributed by atoms with Crippen molar-refractivity contribution in [3.8, 4) is 0 Å². The summed E-state index contributed by atoms with van der Waals surface area (Å²) in [5.74, 6) is -1.83. The summed E-state index contributed by atoms with van der Waals surface area (Å²) in [6, 6.07) is 2.88. The van der Waals surface area contributed by atoms with E-state index in [1.54, 1.807) is 6.08 Å². The Morgan fingerprint density at radius 3 is 2.68 bits per heavy atom. The van der Waals surface area contributed by atoms with E-state index >= 15 is 0 Å². The number of rotatable bonds is 3. The summed E-state index contributed by atoms with van der Waals surface area (Å²) in [6.45, 7) is 0. The lowest BCUT2D eigenvalue weighted by molar-refractivity contribution is 0.104. The number of allylic oxidation sites excluding steroid dienone is 4. The highest BCUT2D eigenvalue weighted by Crippen LogP contribution is 2.29. The van der Waals surface area contributed by atoms with Crippen molar-refractivity contribution in [3.63, 3.8) is 0 Å². The number of hydrogen-bond acceptors (Lipinski definition) is 1. The zero-order valence-corrected chi connectivity index (χ0v) is 11.8. The van der Waals surface area contributed by atoms with Crippen LogP contribution in [0, 0.1) is 11.6 Å². The predicted octanol–water partition coefficient (Wildman–Crippen LogP) is 4.93. The lowest BCUT2D eigenvalue weighted by Gasteiger charge is -2.12. The Kier molecular flexibility index (Phi) is 4.64. The zero-order chi connectivity index (χ0) is 13.8. The summed E-state index contributed by atoms with van der Waals surface area (Å²) in [5, 5.41) is 0. The molecule has 1 aliphatic carbocycles. The Morgan fingerprint density at radius 2 is 1.95 bits per heavy atom. The van der Waals surface area contributed by atoms with Crippen LogP contribution < -0.4 is 0 Å². The summed E-state index contributed by atoms with van der Waals surface area (Å²) in [4.78, 5) is 11.8. The molecule has 19 heavy (non-hydrogen) atoms. The third-order valence-corrected chi connectivity index (χ3v) is 3.98. The molecule has 0 unspecified atom stereocenters. The molecule has 0 aliphatic heterocycles. The second-order valence-electron chi connectivity index (χ2n) is 4.46. The summed E-state index contributed by atoms with van der Waals surface area (Å²) < 4.78 is 27.5. The molecule has 0 atom stereocenters. The minimum absolute atomic E-state index is 0.233. The molecule has 1 aromatic rings. The average Bonchev–Trinajstić information content (AvgIpc) is 2.40. The standard InChI is InChI=1S/C15H13BrF2O/c16-13-4-2-1-3-10(13)5-8-15(19)12-9-11(17)6-7-14(12)18/h5-9H,1-4H2. The molecule has 0 amide bonds. The van der Waals surface area contributed by atoms with Crippen molar-refractivity contribution in [2.24, 2.45) is 0 Å². The van der Waals surface area contributed by atoms with Crippen molar-refractivity contribution in [3.05, 3.63) is 57.6 Å². The van der Waals surface area contributed by atoms with E-state index in [0.717, 1.165) is 53.9 Å².